The van der Waals surface area contributed by atoms with Gasteiger partial charge >= 0.3 is 5.97 Å². The summed E-state index contributed by atoms with van der Waals surface area (Å²) in [5.41, 5.74) is 0.567. The Morgan fingerprint density at radius 3 is 2.62 bits per heavy atom. The summed E-state index contributed by atoms with van der Waals surface area (Å²) in [6, 6.07) is 3.16. The average Bonchev–Trinajstić information content (AvgIpc) is 2.86. The van der Waals surface area contributed by atoms with Crippen molar-refractivity contribution < 1.29 is 28.6 Å². The standard InChI is InChI=1S/C17H18ClNO6S/c1-4-19-16(21)13(26-17(19)22)8-10-6-11(18)15(12(7-10)23-3)25-9-14(20)24-5-2/h6-8H,4-5,9H2,1-3H3. The number of amides is 2. The number of carbonyl (C=O) groups is 3. The largest absolute Gasteiger partial charge is 0.493 e. The van der Waals surface area contributed by atoms with E-state index in [0.29, 0.717) is 22.8 Å². The van der Waals surface area contributed by atoms with Crippen molar-refractivity contribution in [3.05, 3.63) is 27.6 Å². The van der Waals surface area contributed by atoms with Crippen LogP contribution in [0.1, 0.15) is 19.4 Å². The number of thioether (sulfide) groups is 1. The summed E-state index contributed by atoms with van der Waals surface area (Å²) in [6.07, 6.45) is 1.56. The topological polar surface area (TPSA) is 82.1 Å². The first-order valence-electron chi connectivity index (χ1n) is 7.82. The molecule has 26 heavy (non-hydrogen) atoms. The van der Waals surface area contributed by atoms with Gasteiger partial charge in [0, 0.05) is 6.54 Å². The number of benzene rings is 1. The summed E-state index contributed by atoms with van der Waals surface area (Å²) in [5, 5.41) is -0.106. The molecule has 1 aromatic carbocycles. The Labute approximate surface area is 160 Å². The zero-order valence-electron chi connectivity index (χ0n) is 14.5. The minimum absolute atomic E-state index is 0.195. The number of hydrogen-bond donors (Lipinski definition) is 0. The summed E-state index contributed by atoms with van der Waals surface area (Å²) in [7, 11) is 1.43. The van der Waals surface area contributed by atoms with Crippen LogP contribution >= 0.6 is 23.4 Å². The van der Waals surface area contributed by atoms with Gasteiger partial charge in [0.25, 0.3) is 11.1 Å². The molecule has 1 saturated heterocycles. The zero-order chi connectivity index (χ0) is 19.3. The van der Waals surface area contributed by atoms with Crippen LogP contribution in [-0.4, -0.2) is 48.9 Å². The molecular formula is C17H18ClNO6S. The van der Waals surface area contributed by atoms with Gasteiger partial charge in [0.15, 0.2) is 18.1 Å². The van der Waals surface area contributed by atoms with E-state index in [1.165, 1.54) is 7.11 Å². The van der Waals surface area contributed by atoms with Crippen molar-refractivity contribution in [3.63, 3.8) is 0 Å². The van der Waals surface area contributed by atoms with E-state index in [2.05, 4.69) is 0 Å². The van der Waals surface area contributed by atoms with Gasteiger partial charge in [-0.2, -0.15) is 0 Å². The van der Waals surface area contributed by atoms with Gasteiger partial charge in [-0.25, -0.2) is 4.79 Å². The number of rotatable bonds is 7. The van der Waals surface area contributed by atoms with Crippen LogP contribution in [0.4, 0.5) is 4.79 Å². The van der Waals surface area contributed by atoms with Gasteiger partial charge in [0.05, 0.1) is 23.6 Å². The highest BCUT2D eigenvalue weighted by atomic mass is 35.5. The van der Waals surface area contributed by atoms with E-state index < -0.39 is 5.97 Å². The van der Waals surface area contributed by atoms with Crippen molar-refractivity contribution in [1.29, 1.82) is 0 Å². The normalized spacial score (nSPS) is 15.5. The minimum atomic E-state index is -0.525. The molecule has 0 N–H and O–H groups in total. The van der Waals surface area contributed by atoms with E-state index in [1.807, 2.05) is 0 Å². The van der Waals surface area contributed by atoms with E-state index in [9.17, 15) is 14.4 Å². The molecule has 1 fully saturated rings. The zero-order valence-corrected chi connectivity index (χ0v) is 16.1. The molecule has 140 valence electrons. The lowest BCUT2D eigenvalue weighted by atomic mass is 10.1. The molecule has 0 radical (unpaired) electrons. The smallest absolute Gasteiger partial charge is 0.344 e. The van der Waals surface area contributed by atoms with Crippen LogP contribution in [0.15, 0.2) is 17.0 Å². The molecule has 1 aromatic rings. The van der Waals surface area contributed by atoms with Crippen LogP contribution in [0.2, 0.25) is 5.02 Å². The first kappa shape index (κ1) is 20.1. The average molecular weight is 400 g/mol. The lowest BCUT2D eigenvalue weighted by molar-refractivity contribution is -0.145. The highest BCUT2D eigenvalue weighted by Gasteiger charge is 2.33. The van der Waals surface area contributed by atoms with Crippen molar-refractivity contribution in [2.45, 2.75) is 13.8 Å². The highest BCUT2D eigenvalue weighted by molar-refractivity contribution is 8.18. The molecule has 0 bridgehead atoms. The molecule has 7 nitrogen and oxygen atoms in total. The van der Waals surface area contributed by atoms with E-state index in [-0.39, 0.29) is 35.1 Å². The van der Waals surface area contributed by atoms with Gasteiger partial charge < -0.3 is 14.2 Å². The Balaban J connectivity index is 2.26. The Hall–Kier alpha value is -2.19. The van der Waals surface area contributed by atoms with Gasteiger partial charge in [-0.1, -0.05) is 11.6 Å². The SMILES string of the molecule is CCOC(=O)COc1c(Cl)cc(C=C2SC(=O)N(CC)C2=O)cc1OC. The van der Waals surface area contributed by atoms with Crippen molar-refractivity contribution in [3.8, 4) is 11.5 Å². The van der Waals surface area contributed by atoms with Crippen molar-refractivity contribution in [2.24, 2.45) is 0 Å². The Morgan fingerprint density at radius 2 is 2.04 bits per heavy atom. The monoisotopic (exact) mass is 399 g/mol. The van der Waals surface area contributed by atoms with Gasteiger partial charge in [-0.05, 0) is 49.4 Å². The summed E-state index contributed by atoms with van der Waals surface area (Å²) >= 11 is 7.09. The third-order valence-corrected chi connectivity index (χ3v) is 4.57. The molecule has 0 aromatic heterocycles. The number of ether oxygens (including phenoxy) is 3. The fourth-order valence-corrected chi connectivity index (χ4v) is 3.40. The summed E-state index contributed by atoms with van der Waals surface area (Å²) in [6.45, 7) is 3.68. The van der Waals surface area contributed by atoms with E-state index >= 15 is 0 Å². The number of likely N-dealkylation sites (N-methyl/N-ethyl adjacent to an activating group) is 1. The summed E-state index contributed by atoms with van der Waals surface area (Å²) in [5.74, 6) is -0.382. The Morgan fingerprint density at radius 1 is 1.31 bits per heavy atom. The van der Waals surface area contributed by atoms with Gasteiger partial charge in [-0.15, -0.1) is 0 Å². The minimum Gasteiger partial charge on any atom is -0.493 e. The second kappa shape index (κ2) is 8.95. The van der Waals surface area contributed by atoms with Crippen LogP contribution in [-0.2, 0) is 14.3 Å². The lowest BCUT2D eigenvalue weighted by Gasteiger charge is -2.13. The highest BCUT2D eigenvalue weighted by Crippen LogP contribution is 2.38. The number of nitrogens with zero attached hydrogens (tertiary/aromatic N) is 1. The van der Waals surface area contributed by atoms with Crippen molar-refractivity contribution in [1.82, 2.24) is 4.90 Å². The van der Waals surface area contributed by atoms with Crippen LogP contribution < -0.4 is 9.47 Å². The molecule has 0 spiro atoms. The van der Waals surface area contributed by atoms with Crippen LogP contribution in [0, 0.1) is 0 Å². The number of esters is 1. The van der Waals surface area contributed by atoms with Gasteiger partial charge in [-0.3, -0.25) is 14.5 Å². The molecule has 1 aliphatic heterocycles. The number of imide groups is 1. The second-order valence-corrected chi connectivity index (χ2v) is 6.45. The molecule has 1 aliphatic rings. The van der Waals surface area contributed by atoms with Crippen molar-refractivity contribution in [2.75, 3.05) is 26.9 Å². The van der Waals surface area contributed by atoms with E-state index in [1.54, 1.807) is 32.1 Å². The summed E-state index contributed by atoms with van der Waals surface area (Å²) in [4.78, 5) is 36.8. The summed E-state index contributed by atoms with van der Waals surface area (Å²) < 4.78 is 15.4. The molecule has 0 atom stereocenters. The number of methoxy groups -OCH3 is 1. The predicted molar refractivity (Wildman–Crippen MR) is 98.5 cm³/mol. The van der Waals surface area contributed by atoms with Gasteiger partial charge in [0.2, 0.25) is 0 Å². The van der Waals surface area contributed by atoms with Crippen LogP contribution in [0.25, 0.3) is 6.08 Å². The maximum Gasteiger partial charge on any atom is 0.344 e. The first-order valence-corrected chi connectivity index (χ1v) is 9.02. The molecule has 9 heteroatoms. The fourth-order valence-electron chi connectivity index (χ4n) is 2.22. The second-order valence-electron chi connectivity index (χ2n) is 5.05. The maximum atomic E-state index is 12.2. The molecule has 0 unspecified atom stereocenters. The number of halogens is 1. The molecular weight excluding hydrogens is 382 g/mol. The number of carbonyl (C=O) groups excluding carboxylic acids is 3. The quantitative estimate of drug-likeness (QED) is 0.513. The first-order chi connectivity index (χ1) is 12.4. The Kier molecular flexibility index (Phi) is 6.93. The predicted octanol–water partition coefficient (Wildman–Crippen LogP) is 3.35. The van der Waals surface area contributed by atoms with E-state index in [4.69, 9.17) is 25.8 Å². The van der Waals surface area contributed by atoms with Crippen molar-refractivity contribution >= 4 is 46.6 Å². The van der Waals surface area contributed by atoms with Crippen LogP contribution in [0.5, 0.6) is 11.5 Å². The third-order valence-electron chi connectivity index (χ3n) is 3.38. The fraction of sp³-hybridized carbons (Fsp3) is 0.353. The molecule has 2 amide bonds. The lowest BCUT2D eigenvalue weighted by Crippen LogP contribution is -2.27. The molecule has 1 heterocycles. The van der Waals surface area contributed by atoms with Crippen LogP contribution in [0.3, 0.4) is 0 Å². The van der Waals surface area contributed by atoms with E-state index in [0.717, 1.165) is 16.7 Å². The maximum absolute atomic E-state index is 12.2. The Bertz CT molecular complexity index is 764. The third kappa shape index (κ3) is 4.50. The molecule has 2 rings (SSSR count). The van der Waals surface area contributed by atoms with Gasteiger partial charge in [0.1, 0.15) is 0 Å². The molecule has 0 aliphatic carbocycles. The number of hydrogen-bond acceptors (Lipinski definition) is 7. The molecule has 0 saturated carbocycles.